The van der Waals surface area contributed by atoms with Crippen molar-refractivity contribution < 1.29 is 14.7 Å². The van der Waals surface area contributed by atoms with E-state index in [9.17, 15) is 14.7 Å². The lowest BCUT2D eigenvalue weighted by Crippen LogP contribution is -2.45. The standard InChI is InChI=1S/C15H18N4O3/c1-3-10(2)13(15(21)22)18-14(20)11-5-7-16-12(9-11)19-8-4-6-17-19/h4-10,13H,3H2,1-2H3,(H,18,20)(H,21,22)/t10-,13-/m0/s1. The quantitative estimate of drug-likeness (QED) is 0.842. The van der Waals surface area contributed by atoms with Gasteiger partial charge in [-0.15, -0.1) is 0 Å². The molecule has 2 heterocycles. The Labute approximate surface area is 128 Å². The van der Waals surface area contributed by atoms with Gasteiger partial charge in [-0.05, 0) is 24.1 Å². The van der Waals surface area contributed by atoms with Crippen LogP contribution >= 0.6 is 0 Å². The maximum atomic E-state index is 12.3. The lowest BCUT2D eigenvalue weighted by atomic mass is 9.99. The third-order valence-corrected chi connectivity index (χ3v) is 3.51. The van der Waals surface area contributed by atoms with Crippen molar-refractivity contribution in [1.29, 1.82) is 0 Å². The van der Waals surface area contributed by atoms with Gasteiger partial charge in [0.1, 0.15) is 6.04 Å². The Morgan fingerprint density at radius 2 is 2.18 bits per heavy atom. The number of carboxylic acids is 1. The van der Waals surface area contributed by atoms with Crippen LogP contribution in [-0.2, 0) is 4.79 Å². The Hall–Kier alpha value is -2.70. The molecule has 2 aromatic heterocycles. The first-order chi connectivity index (χ1) is 10.5. The molecule has 2 aromatic rings. The van der Waals surface area contributed by atoms with Crippen molar-refractivity contribution in [3.63, 3.8) is 0 Å². The number of nitrogens with one attached hydrogen (secondary N) is 1. The molecular formula is C15H18N4O3. The van der Waals surface area contributed by atoms with Crippen LogP contribution in [0.3, 0.4) is 0 Å². The van der Waals surface area contributed by atoms with Crippen molar-refractivity contribution in [3.8, 4) is 5.82 Å². The van der Waals surface area contributed by atoms with Crippen LogP contribution in [-0.4, -0.2) is 37.8 Å². The Balaban J connectivity index is 2.19. The maximum absolute atomic E-state index is 12.3. The van der Waals surface area contributed by atoms with Gasteiger partial charge in [-0.3, -0.25) is 4.79 Å². The van der Waals surface area contributed by atoms with E-state index in [-0.39, 0.29) is 5.92 Å². The number of pyridine rings is 1. The van der Waals surface area contributed by atoms with Gasteiger partial charge in [-0.1, -0.05) is 20.3 Å². The van der Waals surface area contributed by atoms with Crippen molar-refractivity contribution >= 4 is 11.9 Å². The highest BCUT2D eigenvalue weighted by molar-refractivity contribution is 5.96. The highest BCUT2D eigenvalue weighted by atomic mass is 16.4. The molecule has 0 saturated heterocycles. The molecule has 7 nitrogen and oxygen atoms in total. The van der Waals surface area contributed by atoms with E-state index in [4.69, 9.17) is 0 Å². The third-order valence-electron chi connectivity index (χ3n) is 3.51. The number of rotatable bonds is 6. The predicted molar refractivity (Wildman–Crippen MR) is 79.7 cm³/mol. The molecule has 1 amide bonds. The number of aromatic nitrogens is 3. The number of nitrogens with zero attached hydrogens (tertiary/aromatic N) is 3. The largest absolute Gasteiger partial charge is 0.480 e. The molecule has 116 valence electrons. The van der Waals surface area contributed by atoms with Gasteiger partial charge >= 0.3 is 5.97 Å². The van der Waals surface area contributed by atoms with Gasteiger partial charge in [0.2, 0.25) is 0 Å². The van der Waals surface area contributed by atoms with E-state index < -0.39 is 17.9 Å². The summed E-state index contributed by atoms with van der Waals surface area (Å²) in [6.45, 7) is 3.68. The van der Waals surface area contributed by atoms with Crippen LogP contribution < -0.4 is 5.32 Å². The summed E-state index contributed by atoms with van der Waals surface area (Å²) >= 11 is 0. The smallest absolute Gasteiger partial charge is 0.326 e. The first-order valence-electron chi connectivity index (χ1n) is 7.02. The summed E-state index contributed by atoms with van der Waals surface area (Å²) in [4.78, 5) is 27.7. The topological polar surface area (TPSA) is 97.1 Å². The van der Waals surface area contributed by atoms with Crippen molar-refractivity contribution in [1.82, 2.24) is 20.1 Å². The van der Waals surface area contributed by atoms with E-state index >= 15 is 0 Å². The zero-order valence-electron chi connectivity index (χ0n) is 12.4. The molecule has 0 aromatic carbocycles. The van der Waals surface area contributed by atoms with Crippen LogP contribution in [0.5, 0.6) is 0 Å². The molecule has 2 atom stereocenters. The lowest BCUT2D eigenvalue weighted by Gasteiger charge is -2.20. The summed E-state index contributed by atoms with van der Waals surface area (Å²) < 4.78 is 1.53. The van der Waals surface area contributed by atoms with Gasteiger partial charge in [0, 0.05) is 24.2 Å². The molecule has 0 saturated carbocycles. The molecular weight excluding hydrogens is 284 g/mol. The van der Waals surface area contributed by atoms with Crippen LogP contribution in [0.2, 0.25) is 0 Å². The lowest BCUT2D eigenvalue weighted by molar-refractivity contribution is -0.140. The zero-order valence-corrected chi connectivity index (χ0v) is 12.4. The molecule has 2 N–H and O–H groups in total. The number of carboxylic acid groups (broad SMARTS) is 1. The minimum Gasteiger partial charge on any atom is -0.480 e. The second-order valence-electron chi connectivity index (χ2n) is 5.03. The fourth-order valence-electron chi connectivity index (χ4n) is 2.00. The molecule has 0 unspecified atom stereocenters. The van der Waals surface area contributed by atoms with Crippen molar-refractivity contribution in [2.24, 2.45) is 5.92 Å². The van der Waals surface area contributed by atoms with E-state index in [1.54, 1.807) is 31.5 Å². The third kappa shape index (κ3) is 3.49. The minimum absolute atomic E-state index is 0.158. The SMILES string of the molecule is CC[C@H](C)[C@H](NC(=O)c1ccnc(-n2cccn2)c1)C(=O)O. The fraction of sp³-hybridized carbons (Fsp3) is 0.333. The van der Waals surface area contributed by atoms with Crippen LogP contribution in [0.15, 0.2) is 36.8 Å². The van der Waals surface area contributed by atoms with Crippen molar-refractivity contribution in [2.75, 3.05) is 0 Å². The van der Waals surface area contributed by atoms with E-state index in [1.165, 1.54) is 16.9 Å². The van der Waals surface area contributed by atoms with Gasteiger partial charge in [0.05, 0.1) is 0 Å². The van der Waals surface area contributed by atoms with E-state index in [0.29, 0.717) is 17.8 Å². The van der Waals surface area contributed by atoms with Gasteiger partial charge in [-0.2, -0.15) is 5.10 Å². The Morgan fingerprint density at radius 1 is 1.41 bits per heavy atom. The van der Waals surface area contributed by atoms with Crippen molar-refractivity contribution in [2.45, 2.75) is 26.3 Å². The molecule has 0 aliphatic rings. The molecule has 0 bridgehead atoms. The van der Waals surface area contributed by atoms with Gasteiger partial charge in [-0.25, -0.2) is 14.5 Å². The fourth-order valence-corrected chi connectivity index (χ4v) is 2.00. The minimum atomic E-state index is -1.04. The average Bonchev–Trinajstić information content (AvgIpc) is 3.06. The zero-order chi connectivity index (χ0) is 16.1. The summed E-state index contributed by atoms with van der Waals surface area (Å²) in [5.41, 5.74) is 0.343. The monoisotopic (exact) mass is 302 g/mol. The highest BCUT2D eigenvalue weighted by Crippen LogP contribution is 2.11. The van der Waals surface area contributed by atoms with Crippen LogP contribution in [0.1, 0.15) is 30.6 Å². The summed E-state index contributed by atoms with van der Waals surface area (Å²) in [7, 11) is 0. The molecule has 0 radical (unpaired) electrons. The normalized spacial score (nSPS) is 13.4. The second kappa shape index (κ2) is 6.84. The van der Waals surface area contributed by atoms with Gasteiger partial charge < -0.3 is 10.4 Å². The molecule has 0 aliphatic carbocycles. The number of amides is 1. The molecule has 0 spiro atoms. The highest BCUT2D eigenvalue weighted by Gasteiger charge is 2.25. The van der Waals surface area contributed by atoms with E-state index in [2.05, 4.69) is 15.4 Å². The van der Waals surface area contributed by atoms with Crippen LogP contribution in [0.25, 0.3) is 5.82 Å². The summed E-state index contributed by atoms with van der Waals surface area (Å²) in [6, 6.07) is 3.94. The Kier molecular flexibility index (Phi) is 4.88. The molecule has 0 fully saturated rings. The van der Waals surface area contributed by atoms with E-state index in [0.717, 1.165) is 0 Å². The summed E-state index contributed by atoms with van der Waals surface area (Å²) in [5, 5.41) is 15.8. The number of carbonyl (C=O) groups is 2. The molecule has 0 aliphatic heterocycles. The molecule has 7 heteroatoms. The molecule has 22 heavy (non-hydrogen) atoms. The Morgan fingerprint density at radius 3 is 2.77 bits per heavy atom. The number of carbonyl (C=O) groups excluding carboxylic acids is 1. The summed E-state index contributed by atoms with van der Waals surface area (Å²) in [5.74, 6) is -1.14. The van der Waals surface area contributed by atoms with Gasteiger partial charge in [0.25, 0.3) is 5.91 Å². The number of aliphatic carboxylic acids is 1. The maximum Gasteiger partial charge on any atom is 0.326 e. The summed E-state index contributed by atoms with van der Waals surface area (Å²) in [6.07, 6.45) is 5.47. The molecule has 2 rings (SSSR count). The second-order valence-corrected chi connectivity index (χ2v) is 5.03. The predicted octanol–water partition coefficient (Wildman–Crippen LogP) is 1.50. The first kappa shape index (κ1) is 15.7. The number of hydrogen-bond donors (Lipinski definition) is 2. The van der Waals surface area contributed by atoms with Gasteiger partial charge in [0.15, 0.2) is 5.82 Å². The van der Waals surface area contributed by atoms with Crippen LogP contribution in [0, 0.1) is 5.92 Å². The van der Waals surface area contributed by atoms with Crippen molar-refractivity contribution in [3.05, 3.63) is 42.4 Å². The van der Waals surface area contributed by atoms with Crippen LogP contribution in [0.4, 0.5) is 0 Å². The first-order valence-corrected chi connectivity index (χ1v) is 7.02. The Bertz CT molecular complexity index is 655. The van der Waals surface area contributed by atoms with E-state index in [1.807, 2.05) is 6.92 Å². The number of hydrogen-bond acceptors (Lipinski definition) is 4. The average molecular weight is 302 g/mol.